The first kappa shape index (κ1) is 17.4. The van der Waals surface area contributed by atoms with E-state index in [4.69, 9.17) is 4.74 Å². The fourth-order valence-electron chi connectivity index (χ4n) is 3.27. The van der Waals surface area contributed by atoms with Crippen molar-refractivity contribution in [3.05, 3.63) is 42.6 Å². The number of pyridine rings is 1. The number of hydrogen-bond acceptors (Lipinski definition) is 6. The summed E-state index contributed by atoms with van der Waals surface area (Å²) in [7, 11) is 0. The average molecular weight is 366 g/mol. The van der Waals surface area contributed by atoms with Gasteiger partial charge >= 0.3 is 6.01 Å². The smallest absolute Gasteiger partial charge is 0.316 e. The molecule has 3 aromatic rings. The van der Waals surface area contributed by atoms with Gasteiger partial charge in [-0.3, -0.25) is 4.79 Å². The van der Waals surface area contributed by atoms with E-state index < -0.39 is 0 Å². The first-order valence-electron chi connectivity index (χ1n) is 9.17. The molecule has 0 unspecified atom stereocenters. The Morgan fingerprint density at radius 3 is 2.59 bits per heavy atom. The molecule has 8 nitrogen and oxygen atoms in total. The highest BCUT2D eigenvalue weighted by molar-refractivity contribution is 5.96. The van der Waals surface area contributed by atoms with Gasteiger partial charge in [-0.25, -0.2) is 19.9 Å². The number of amides is 1. The van der Waals surface area contributed by atoms with E-state index in [-0.39, 0.29) is 18.1 Å². The Hall–Kier alpha value is -3.03. The lowest BCUT2D eigenvalue weighted by Gasteiger charge is -2.31. The van der Waals surface area contributed by atoms with Crippen LogP contribution in [-0.2, 0) is 0 Å². The quantitative estimate of drug-likeness (QED) is 0.705. The normalized spacial score (nSPS) is 15.4. The summed E-state index contributed by atoms with van der Waals surface area (Å²) in [6, 6.07) is 4.24. The molecule has 0 spiro atoms. The third-order valence-corrected chi connectivity index (χ3v) is 4.76. The van der Waals surface area contributed by atoms with Crippen molar-refractivity contribution in [1.82, 2.24) is 29.4 Å². The van der Waals surface area contributed by atoms with Gasteiger partial charge in [-0.2, -0.15) is 0 Å². The van der Waals surface area contributed by atoms with Crippen molar-refractivity contribution in [3.8, 4) is 6.01 Å². The fourth-order valence-corrected chi connectivity index (χ4v) is 3.27. The van der Waals surface area contributed by atoms with Gasteiger partial charge in [-0.15, -0.1) is 0 Å². The average Bonchev–Trinajstić information content (AvgIpc) is 3.12. The maximum absolute atomic E-state index is 12.8. The van der Waals surface area contributed by atoms with Crippen molar-refractivity contribution in [3.63, 3.8) is 0 Å². The molecule has 3 aromatic heterocycles. The van der Waals surface area contributed by atoms with Crippen LogP contribution >= 0.6 is 0 Å². The van der Waals surface area contributed by atoms with Crippen LogP contribution in [0.5, 0.6) is 6.01 Å². The van der Waals surface area contributed by atoms with Gasteiger partial charge in [0.25, 0.3) is 5.91 Å². The van der Waals surface area contributed by atoms with Gasteiger partial charge in [-0.1, -0.05) is 0 Å². The minimum atomic E-state index is -0.0158. The molecule has 0 radical (unpaired) electrons. The zero-order chi connectivity index (χ0) is 18.8. The summed E-state index contributed by atoms with van der Waals surface area (Å²) in [6.45, 7) is 5.42. The highest BCUT2D eigenvalue weighted by Crippen LogP contribution is 2.20. The number of likely N-dealkylation sites (tertiary alicyclic amines) is 1. The van der Waals surface area contributed by atoms with Crippen LogP contribution in [0.2, 0.25) is 0 Å². The predicted molar refractivity (Wildman–Crippen MR) is 99.5 cm³/mol. The summed E-state index contributed by atoms with van der Waals surface area (Å²) in [4.78, 5) is 31.7. The topological polar surface area (TPSA) is 86.0 Å². The monoisotopic (exact) mass is 366 g/mol. The van der Waals surface area contributed by atoms with Gasteiger partial charge in [0, 0.05) is 50.6 Å². The molecule has 0 aliphatic carbocycles. The van der Waals surface area contributed by atoms with Crippen molar-refractivity contribution in [2.24, 2.45) is 0 Å². The van der Waals surface area contributed by atoms with Crippen LogP contribution in [0.4, 0.5) is 0 Å². The van der Waals surface area contributed by atoms with E-state index >= 15 is 0 Å². The van der Waals surface area contributed by atoms with Crippen molar-refractivity contribution >= 4 is 17.1 Å². The number of piperidine rings is 1. The Morgan fingerprint density at radius 2 is 1.89 bits per heavy atom. The molecule has 1 saturated heterocycles. The number of carbonyl (C=O) groups excluding carboxylic acids is 1. The number of ether oxygens (including phenoxy) is 1. The maximum Gasteiger partial charge on any atom is 0.316 e. The Bertz CT molecular complexity index is 932. The zero-order valence-corrected chi connectivity index (χ0v) is 15.4. The van der Waals surface area contributed by atoms with E-state index in [1.54, 1.807) is 31.0 Å². The number of nitrogens with zero attached hydrogens (tertiary/aromatic N) is 6. The lowest BCUT2D eigenvalue weighted by Crippen LogP contribution is -2.42. The van der Waals surface area contributed by atoms with Gasteiger partial charge in [0.2, 0.25) is 0 Å². The van der Waals surface area contributed by atoms with Crippen LogP contribution in [0.1, 0.15) is 43.1 Å². The molecule has 1 aliphatic rings. The second kappa shape index (κ2) is 7.30. The molecule has 0 saturated carbocycles. The van der Waals surface area contributed by atoms with Crippen molar-refractivity contribution in [2.75, 3.05) is 13.1 Å². The number of rotatable bonds is 4. The van der Waals surface area contributed by atoms with E-state index in [9.17, 15) is 4.79 Å². The molecule has 4 rings (SSSR count). The predicted octanol–water partition coefficient (Wildman–Crippen LogP) is 2.49. The van der Waals surface area contributed by atoms with Gasteiger partial charge in [0.15, 0.2) is 5.65 Å². The summed E-state index contributed by atoms with van der Waals surface area (Å²) in [5, 5.41) is 0. The van der Waals surface area contributed by atoms with E-state index in [2.05, 4.69) is 33.8 Å². The molecule has 27 heavy (non-hydrogen) atoms. The molecule has 0 N–H and O–H groups in total. The third-order valence-electron chi connectivity index (χ3n) is 4.76. The Morgan fingerprint density at radius 1 is 1.15 bits per heavy atom. The fraction of sp³-hybridized carbons (Fsp3) is 0.421. The lowest BCUT2D eigenvalue weighted by atomic mass is 10.1. The second-order valence-corrected chi connectivity index (χ2v) is 6.95. The number of carbonyl (C=O) groups is 1. The molecular formula is C19H22N6O2. The van der Waals surface area contributed by atoms with E-state index in [0.717, 1.165) is 24.0 Å². The summed E-state index contributed by atoms with van der Waals surface area (Å²) in [5.41, 5.74) is 2.12. The highest BCUT2D eigenvalue weighted by atomic mass is 16.5. The van der Waals surface area contributed by atoms with E-state index in [0.29, 0.717) is 24.7 Å². The number of aromatic nitrogens is 5. The number of imidazole rings is 1. The lowest BCUT2D eigenvalue weighted by molar-refractivity contribution is 0.0578. The molecule has 0 atom stereocenters. The van der Waals surface area contributed by atoms with Crippen LogP contribution in [-0.4, -0.2) is 54.5 Å². The molecule has 0 bridgehead atoms. The molecule has 4 heterocycles. The van der Waals surface area contributed by atoms with Gasteiger partial charge in [0.1, 0.15) is 11.6 Å². The Balaban J connectivity index is 1.41. The van der Waals surface area contributed by atoms with E-state index in [1.165, 1.54) is 0 Å². The molecule has 0 aromatic carbocycles. The standard InChI is InChI=1S/C19H22N6O2/c1-13(2)25-12-23-16-10-14(11-22-17(16)25)18(26)24-8-4-15(5-9-24)27-19-20-6-3-7-21-19/h3,6-7,10-13,15H,4-5,8-9H2,1-2H3. The van der Waals surface area contributed by atoms with Crippen LogP contribution < -0.4 is 4.74 Å². The van der Waals surface area contributed by atoms with Crippen LogP contribution in [0, 0.1) is 0 Å². The van der Waals surface area contributed by atoms with Crippen LogP contribution in [0.15, 0.2) is 37.1 Å². The molecule has 8 heteroatoms. The van der Waals surface area contributed by atoms with Crippen molar-refractivity contribution in [1.29, 1.82) is 0 Å². The van der Waals surface area contributed by atoms with Crippen LogP contribution in [0.25, 0.3) is 11.2 Å². The second-order valence-electron chi connectivity index (χ2n) is 6.95. The Labute approximate surface area is 157 Å². The largest absolute Gasteiger partial charge is 0.460 e. The number of hydrogen-bond donors (Lipinski definition) is 0. The third kappa shape index (κ3) is 3.60. The minimum absolute atomic E-state index is 0.0158. The summed E-state index contributed by atoms with van der Waals surface area (Å²) >= 11 is 0. The first-order chi connectivity index (χ1) is 13.1. The minimum Gasteiger partial charge on any atom is -0.460 e. The van der Waals surface area contributed by atoms with Crippen molar-refractivity contribution < 1.29 is 9.53 Å². The maximum atomic E-state index is 12.8. The molecule has 140 valence electrons. The van der Waals surface area contributed by atoms with Gasteiger partial charge in [-0.05, 0) is 26.0 Å². The SMILES string of the molecule is CC(C)n1cnc2cc(C(=O)N3CCC(Oc4ncccn4)CC3)cnc21. The van der Waals surface area contributed by atoms with E-state index in [1.807, 2.05) is 15.5 Å². The molecule has 1 fully saturated rings. The summed E-state index contributed by atoms with van der Waals surface area (Å²) in [5.74, 6) is -0.0158. The number of fused-ring (bicyclic) bond motifs is 1. The first-order valence-corrected chi connectivity index (χ1v) is 9.17. The molecule has 1 aliphatic heterocycles. The molecular weight excluding hydrogens is 344 g/mol. The summed E-state index contributed by atoms with van der Waals surface area (Å²) in [6.07, 6.45) is 8.26. The molecule has 1 amide bonds. The van der Waals surface area contributed by atoms with Crippen LogP contribution in [0.3, 0.4) is 0 Å². The Kier molecular flexibility index (Phi) is 4.70. The highest BCUT2D eigenvalue weighted by Gasteiger charge is 2.26. The zero-order valence-electron chi connectivity index (χ0n) is 15.4. The van der Waals surface area contributed by atoms with Gasteiger partial charge < -0.3 is 14.2 Å². The van der Waals surface area contributed by atoms with Gasteiger partial charge in [0.05, 0.1) is 11.9 Å². The summed E-state index contributed by atoms with van der Waals surface area (Å²) < 4.78 is 7.78. The van der Waals surface area contributed by atoms with Crippen molar-refractivity contribution in [2.45, 2.75) is 38.8 Å².